The molecule has 0 amide bonds. The van der Waals surface area contributed by atoms with Gasteiger partial charge in [0.05, 0.1) is 0 Å². The van der Waals surface area contributed by atoms with Crippen LogP contribution in [0.25, 0.3) is 0 Å². The van der Waals surface area contributed by atoms with Crippen molar-refractivity contribution in [2.75, 3.05) is 7.11 Å². The van der Waals surface area contributed by atoms with Crippen molar-refractivity contribution in [3.8, 4) is 11.5 Å². The summed E-state index contributed by atoms with van der Waals surface area (Å²) in [6, 6.07) is 3.18. The Labute approximate surface area is 93.8 Å². The summed E-state index contributed by atoms with van der Waals surface area (Å²) in [6.07, 6.45) is 0.648. The quantitative estimate of drug-likeness (QED) is 0.579. The van der Waals surface area contributed by atoms with E-state index in [1.54, 1.807) is 13.2 Å². The molecule has 0 fully saturated rings. The second kappa shape index (κ2) is 4.95. The second-order valence-corrected chi connectivity index (χ2v) is 11.4. The van der Waals surface area contributed by atoms with Crippen LogP contribution in [0.5, 0.6) is 11.5 Å². The first-order valence-electron chi connectivity index (χ1n) is 3.64. The number of aldehydes is 1. The molecule has 0 aromatic heterocycles. The van der Waals surface area contributed by atoms with E-state index in [2.05, 4.69) is 11.9 Å². The minimum absolute atomic E-state index is 0.0232. The van der Waals surface area contributed by atoms with Crippen molar-refractivity contribution in [3.05, 3.63) is 17.7 Å². The van der Waals surface area contributed by atoms with Crippen LogP contribution in [0, 0.1) is 0 Å². The molecular formula is C8H7BrHgO3. The van der Waals surface area contributed by atoms with E-state index in [0.717, 1.165) is 3.07 Å². The zero-order valence-electron chi connectivity index (χ0n) is 7.08. The normalized spacial score (nSPS) is 9.08. The van der Waals surface area contributed by atoms with Gasteiger partial charge >= 0.3 is 94.4 Å². The predicted molar refractivity (Wildman–Crippen MR) is 48.6 cm³/mol. The van der Waals surface area contributed by atoms with E-state index in [1.165, 1.54) is 6.07 Å². The summed E-state index contributed by atoms with van der Waals surface area (Å²) in [5, 5.41) is 9.34. The molecule has 66 valence electrons. The van der Waals surface area contributed by atoms with Gasteiger partial charge in [0.1, 0.15) is 0 Å². The predicted octanol–water partition coefficient (Wildman–Crippen LogP) is 1.23. The van der Waals surface area contributed by atoms with E-state index in [-0.39, 0.29) is 5.75 Å². The van der Waals surface area contributed by atoms with Gasteiger partial charge in [0.25, 0.3) is 0 Å². The number of benzene rings is 1. The van der Waals surface area contributed by atoms with E-state index in [9.17, 15) is 9.90 Å². The molecule has 0 atom stereocenters. The zero-order valence-corrected chi connectivity index (χ0v) is 14.2. The molecule has 0 saturated heterocycles. The van der Waals surface area contributed by atoms with Gasteiger partial charge < -0.3 is 0 Å². The Morgan fingerprint density at radius 2 is 2.31 bits per heavy atom. The van der Waals surface area contributed by atoms with Crippen LogP contribution >= 0.6 is 11.9 Å². The average molecular weight is 432 g/mol. The first-order valence-corrected chi connectivity index (χ1v) is 18.3. The monoisotopic (exact) mass is 432 g/mol. The summed E-state index contributed by atoms with van der Waals surface area (Å²) >= 11 is 2.21. The third-order valence-corrected chi connectivity index (χ3v) is 10.3. The van der Waals surface area contributed by atoms with Crippen molar-refractivity contribution in [2.45, 2.75) is 0 Å². The molecule has 0 spiro atoms. The molecule has 0 radical (unpaired) electrons. The Hall–Kier alpha value is -0.0949. The molecule has 0 aliphatic heterocycles. The molecule has 1 aromatic carbocycles. The van der Waals surface area contributed by atoms with Gasteiger partial charge in [-0.15, -0.1) is 0 Å². The minimum atomic E-state index is -1.27. The molecule has 0 aliphatic rings. The first-order chi connectivity index (χ1) is 6.22. The average Bonchev–Trinajstić information content (AvgIpc) is 2.17. The van der Waals surface area contributed by atoms with E-state index < -0.39 is 22.1 Å². The van der Waals surface area contributed by atoms with Crippen molar-refractivity contribution in [2.24, 2.45) is 0 Å². The fraction of sp³-hybridized carbons (Fsp3) is 0.125. The molecule has 0 heterocycles. The molecular weight excluding hydrogens is 425 g/mol. The summed E-state index contributed by atoms with van der Waals surface area (Å²) in [6.45, 7) is 0. The van der Waals surface area contributed by atoms with Crippen LogP contribution in [0.1, 0.15) is 10.4 Å². The summed E-state index contributed by atoms with van der Waals surface area (Å²) in [5.41, 5.74) is 0.329. The SMILES string of the molecule is COc1cc(O)c(C=O)c[c]1[Hg][Br]. The molecule has 13 heavy (non-hydrogen) atoms. The third-order valence-electron chi connectivity index (χ3n) is 1.70. The molecule has 0 unspecified atom stereocenters. The van der Waals surface area contributed by atoms with Crippen LogP contribution in [-0.2, 0) is 22.1 Å². The Kier molecular flexibility index (Phi) is 4.19. The first kappa shape index (κ1) is 11.0. The van der Waals surface area contributed by atoms with Crippen LogP contribution in [0.2, 0.25) is 0 Å². The summed E-state index contributed by atoms with van der Waals surface area (Å²) in [5.74, 6) is 0.645. The molecule has 1 N–H and O–H groups in total. The standard InChI is InChI=1S/C8H7O3.BrH.Hg/c1-11-7-3-2-6(5-9)8(10)4-7;;/h2,4-5,10H,1H3;1H;/q;;+1/p-1. The second-order valence-electron chi connectivity index (χ2n) is 2.47. The van der Waals surface area contributed by atoms with Crippen molar-refractivity contribution in [1.82, 2.24) is 0 Å². The molecule has 1 aromatic rings. The van der Waals surface area contributed by atoms with Gasteiger partial charge in [0.2, 0.25) is 0 Å². The molecule has 3 nitrogen and oxygen atoms in total. The van der Waals surface area contributed by atoms with Crippen LogP contribution in [0.15, 0.2) is 12.1 Å². The number of hydrogen-bond donors (Lipinski definition) is 1. The maximum absolute atomic E-state index is 10.5. The van der Waals surface area contributed by atoms with Crippen molar-refractivity contribution < 1.29 is 36.8 Å². The van der Waals surface area contributed by atoms with Crippen LogP contribution in [-0.4, -0.2) is 18.5 Å². The van der Waals surface area contributed by atoms with E-state index in [4.69, 9.17) is 4.74 Å². The van der Waals surface area contributed by atoms with E-state index in [1.807, 2.05) is 0 Å². The van der Waals surface area contributed by atoms with E-state index in [0.29, 0.717) is 17.6 Å². The van der Waals surface area contributed by atoms with Crippen LogP contribution < -0.4 is 7.81 Å². The Morgan fingerprint density at radius 3 is 2.77 bits per heavy atom. The number of methoxy groups -OCH3 is 1. The van der Waals surface area contributed by atoms with Gasteiger partial charge in [-0.25, -0.2) is 0 Å². The van der Waals surface area contributed by atoms with Crippen molar-refractivity contribution in [3.63, 3.8) is 0 Å². The van der Waals surface area contributed by atoms with Gasteiger partial charge in [-0.2, -0.15) is 0 Å². The number of phenols is 1. The fourth-order valence-corrected chi connectivity index (χ4v) is 7.49. The van der Waals surface area contributed by atoms with Gasteiger partial charge in [-0.05, 0) is 0 Å². The molecule has 0 saturated carbocycles. The fourth-order valence-electron chi connectivity index (χ4n) is 1.02. The van der Waals surface area contributed by atoms with Gasteiger partial charge in [-0.3, -0.25) is 0 Å². The Balaban J connectivity index is 3.26. The van der Waals surface area contributed by atoms with Gasteiger partial charge in [0, 0.05) is 0 Å². The molecule has 0 bridgehead atoms. The number of carbonyl (C=O) groups is 1. The maximum atomic E-state index is 10.5. The number of carbonyl (C=O) groups excluding carboxylic acids is 1. The zero-order chi connectivity index (χ0) is 9.84. The van der Waals surface area contributed by atoms with Crippen LogP contribution in [0.4, 0.5) is 0 Å². The molecule has 1 rings (SSSR count). The number of rotatable bonds is 3. The molecule has 0 aliphatic carbocycles. The number of aromatic hydroxyl groups is 1. The third kappa shape index (κ3) is 2.43. The number of halogens is 1. The van der Waals surface area contributed by atoms with Gasteiger partial charge in [0.15, 0.2) is 0 Å². The molecule has 5 heteroatoms. The van der Waals surface area contributed by atoms with Crippen molar-refractivity contribution in [1.29, 1.82) is 0 Å². The topological polar surface area (TPSA) is 46.5 Å². The number of hydrogen-bond acceptors (Lipinski definition) is 3. The summed E-state index contributed by atoms with van der Waals surface area (Å²) in [4.78, 5) is 10.5. The van der Waals surface area contributed by atoms with Crippen LogP contribution in [0.3, 0.4) is 0 Å². The van der Waals surface area contributed by atoms with Gasteiger partial charge in [-0.1, -0.05) is 0 Å². The van der Waals surface area contributed by atoms with E-state index >= 15 is 0 Å². The Morgan fingerprint density at radius 1 is 1.62 bits per heavy atom. The number of ether oxygens (including phenoxy) is 1. The van der Waals surface area contributed by atoms with Crippen molar-refractivity contribution >= 4 is 21.3 Å². The number of phenolic OH excluding ortho intramolecular Hbond substituents is 1. The summed E-state index contributed by atoms with van der Waals surface area (Å²) in [7, 11) is 1.55. The Bertz CT molecular complexity index is 327. The summed E-state index contributed by atoms with van der Waals surface area (Å²) < 4.78 is 6.12.